The lowest BCUT2D eigenvalue weighted by Gasteiger charge is -2.27. The van der Waals surface area contributed by atoms with Crippen LogP contribution in [0.5, 0.6) is 0 Å². The summed E-state index contributed by atoms with van der Waals surface area (Å²) in [7, 11) is 0. The molecule has 1 N–H and O–H groups in total. The van der Waals surface area contributed by atoms with Crippen LogP contribution in [0.25, 0.3) is 0 Å². The van der Waals surface area contributed by atoms with Crippen LogP contribution in [0.2, 0.25) is 0 Å². The first-order valence-corrected chi connectivity index (χ1v) is 6.00. The highest BCUT2D eigenvalue weighted by Gasteiger charge is 2.21. The standard InChI is InChI=1S/C11H17NS/c1-9(11-3-2-8-13-11)10-4-6-12-7-5-10/h2-3,8-10,12H,4-7H2,1H3. The van der Waals surface area contributed by atoms with Gasteiger partial charge in [-0.3, -0.25) is 0 Å². The third kappa shape index (κ3) is 2.12. The Labute approximate surface area is 84.2 Å². The van der Waals surface area contributed by atoms with E-state index in [1.807, 2.05) is 11.3 Å². The van der Waals surface area contributed by atoms with E-state index in [1.165, 1.54) is 25.9 Å². The summed E-state index contributed by atoms with van der Waals surface area (Å²) in [5, 5.41) is 5.61. The third-order valence-corrected chi connectivity index (χ3v) is 4.16. The summed E-state index contributed by atoms with van der Waals surface area (Å²) < 4.78 is 0. The maximum Gasteiger partial charge on any atom is 0.00762 e. The molecule has 0 saturated carbocycles. The summed E-state index contributed by atoms with van der Waals surface area (Å²) in [5.74, 6) is 1.67. The van der Waals surface area contributed by atoms with Gasteiger partial charge in [-0.1, -0.05) is 13.0 Å². The molecule has 2 heterocycles. The molecule has 72 valence electrons. The Morgan fingerprint density at radius 1 is 1.46 bits per heavy atom. The van der Waals surface area contributed by atoms with Crippen molar-refractivity contribution in [2.75, 3.05) is 13.1 Å². The maximum absolute atomic E-state index is 3.42. The number of piperidine rings is 1. The van der Waals surface area contributed by atoms with Crippen LogP contribution in [0.4, 0.5) is 0 Å². The molecular weight excluding hydrogens is 178 g/mol. The molecule has 0 spiro atoms. The molecule has 2 heteroatoms. The van der Waals surface area contributed by atoms with Gasteiger partial charge in [0.05, 0.1) is 0 Å². The fraction of sp³-hybridized carbons (Fsp3) is 0.636. The highest BCUT2D eigenvalue weighted by Crippen LogP contribution is 2.32. The first-order valence-electron chi connectivity index (χ1n) is 5.12. The highest BCUT2D eigenvalue weighted by molar-refractivity contribution is 7.10. The minimum atomic E-state index is 0.766. The van der Waals surface area contributed by atoms with Crippen molar-refractivity contribution in [3.8, 4) is 0 Å². The lowest BCUT2D eigenvalue weighted by molar-refractivity contribution is 0.333. The molecule has 1 aromatic heterocycles. The van der Waals surface area contributed by atoms with Crippen molar-refractivity contribution in [1.29, 1.82) is 0 Å². The van der Waals surface area contributed by atoms with Crippen LogP contribution in [0.1, 0.15) is 30.6 Å². The van der Waals surface area contributed by atoms with E-state index in [0.717, 1.165) is 11.8 Å². The molecule has 1 fully saturated rings. The van der Waals surface area contributed by atoms with Crippen molar-refractivity contribution in [3.05, 3.63) is 22.4 Å². The summed E-state index contributed by atoms with van der Waals surface area (Å²) in [4.78, 5) is 1.56. The lowest BCUT2D eigenvalue weighted by atomic mass is 9.85. The molecule has 0 amide bonds. The van der Waals surface area contributed by atoms with Gasteiger partial charge < -0.3 is 5.32 Å². The molecule has 0 aromatic carbocycles. The molecule has 1 aliphatic rings. The predicted octanol–water partition coefficient (Wildman–Crippen LogP) is 2.85. The summed E-state index contributed by atoms with van der Waals surface area (Å²) in [5.41, 5.74) is 0. The molecule has 1 unspecified atom stereocenters. The smallest absolute Gasteiger partial charge is 0.00762 e. The van der Waals surface area contributed by atoms with Gasteiger partial charge >= 0.3 is 0 Å². The van der Waals surface area contributed by atoms with Crippen molar-refractivity contribution in [2.24, 2.45) is 5.92 Å². The quantitative estimate of drug-likeness (QED) is 0.765. The van der Waals surface area contributed by atoms with E-state index in [0.29, 0.717) is 0 Å². The van der Waals surface area contributed by atoms with Crippen LogP contribution >= 0.6 is 11.3 Å². The summed E-state index contributed by atoms with van der Waals surface area (Å²) in [6.07, 6.45) is 2.69. The van der Waals surface area contributed by atoms with E-state index in [-0.39, 0.29) is 0 Å². The van der Waals surface area contributed by atoms with Crippen LogP contribution < -0.4 is 5.32 Å². The summed E-state index contributed by atoms with van der Waals surface area (Å²) in [6.45, 7) is 4.79. The van der Waals surface area contributed by atoms with E-state index < -0.39 is 0 Å². The summed E-state index contributed by atoms with van der Waals surface area (Å²) >= 11 is 1.90. The van der Waals surface area contributed by atoms with E-state index in [1.54, 1.807) is 4.88 Å². The van der Waals surface area contributed by atoms with E-state index in [9.17, 15) is 0 Å². The Morgan fingerprint density at radius 3 is 2.85 bits per heavy atom. The van der Waals surface area contributed by atoms with Crippen molar-refractivity contribution < 1.29 is 0 Å². The lowest BCUT2D eigenvalue weighted by Crippen LogP contribution is -2.29. The van der Waals surface area contributed by atoms with Gasteiger partial charge in [0, 0.05) is 4.88 Å². The molecule has 1 nitrogen and oxygen atoms in total. The zero-order valence-corrected chi connectivity index (χ0v) is 8.94. The summed E-state index contributed by atoms with van der Waals surface area (Å²) in [6, 6.07) is 4.44. The number of rotatable bonds is 2. The fourth-order valence-electron chi connectivity index (χ4n) is 2.13. The molecular formula is C11H17NS. The maximum atomic E-state index is 3.42. The average Bonchev–Trinajstić information content (AvgIpc) is 2.71. The minimum Gasteiger partial charge on any atom is -0.317 e. The van der Waals surface area contributed by atoms with Gasteiger partial charge in [-0.25, -0.2) is 0 Å². The molecule has 2 rings (SSSR count). The molecule has 1 saturated heterocycles. The van der Waals surface area contributed by atoms with Gasteiger partial charge in [0.25, 0.3) is 0 Å². The first-order chi connectivity index (χ1) is 6.38. The molecule has 1 aliphatic heterocycles. The monoisotopic (exact) mass is 195 g/mol. The zero-order chi connectivity index (χ0) is 9.10. The van der Waals surface area contributed by atoms with Crippen LogP contribution in [0.3, 0.4) is 0 Å². The molecule has 13 heavy (non-hydrogen) atoms. The van der Waals surface area contributed by atoms with Gasteiger partial charge in [0.15, 0.2) is 0 Å². The number of hydrogen-bond donors (Lipinski definition) is 1. The number of nitrogens with one attached hydrogen (secondary N) is 1. The topological polar surface area (TPSA) is 12.0 Å². The Bertz CT molecular complexity index is 237. The SMILES string of the molecule is CC(c1cccs1)C1CCNCC1. The van der Waals surface area contributed by atoms with Gasteiger partial charge in [-0.05, 0) is 49.2 Å². The van der Waals surface area contributed by atoms with E-state index in [2.05, 4.69) is 29.8 Å². The van der Waals surface area contributed by atoms with E-state index in [4.69, 9.17) is 0 Å². The minimum absolute atomic E-state index is 0.766. The molecule has 0 bridgehead atoms. The van der Waals surface area contributed by atoms with Crippen LogP contribution in [-0.2, 0) is 0 Å². The van der Waals surface area contributed by atoms with Crippen LogP contribution in [0, 0.1) is 5.92 Å². The Balaban J connectivity index is 1.99. The number of hydrogen-bond acceptors (Lipinski definition) is 2. The molecule has 1 atom stereocenters. The van der Waals surface area contributed by atoms with Crippen molar-refractivity contribution in [2.45, 2.75) is 25.7 Å². The van der Waals surface area contributed by atoms with Gasteiger partial charge in [0.1, 0.15) is 0 Å². The Hall–Kier alpha value is -0.340. The third-order valence-electron chi connectivity index (χ3n) is 3.08. The van der Waals surface area contributed by atoms with Crippen molar-refractivity contribution >= 4 is 11.3 Å². The van der Waals surface area contributed by atoms with Gasteiger partial charge in [-0.2, -0.15) is 0 Å². The largest absolute Gasteiger partial charge is 0.317 e. The molecule has 1 aromatic rings. The average molecular weight is 195 g/mol. The first kappa shape index (κ1) is 9.22. The Kier molecular flexibility index (Phi) is 3.01. The van der Waals surface area contributed by atoms with E-state index >= 15 is 0 Å². The second kappa shape index (κ2) is 4.25. The highest BCUT2D eigenvalue weighted by atomic mass is 32.1. The normalized spacial score (nSPS) is 21.6. The second-order valence-corrected chi connectivity index (χ2v) is 4.87. The Morgan fingerprint density at radius 2 is 2.23 bits per heavy atom. The van der Waals surface area contributed by atoms with Gasteiger partial charge in [0.2, 0.25) is 0 Å². The van der Waals surface area contributed by atoms with Crippen LogP contribution in [0.15, 0.2) is 17.5 Å². The van der Waals surface area contributed by atoms with Crippen molar-refractivity contribution in [3.63, 3.8) is 0 Å². The predicted molar refractivity (Wildman–Crippen MR) is 58.3 cm³/mol. The second-order valence-electron chi connectivity index (χ2n) is 3.89. The fourth-order valence-corrected chi connectivity index (χ4v) is 3.01. The van der Waals surface area contributed by atoms with Crippen LogP contribution in [-0.4, -0.2) is 13.1 Å². The molecule has 0 aliphatic carbocycles. The molecule has 0 radical (unpaired) electrons. The number of thiophene rings is 1. The van der Waals surface area contributed by atoms with Gasteiger partial charge in [-0.15, -0.1) is 11.3 Å². The van der Waals surface area contributed by atoms with Crippen molar-refractivity contribution in [1.82, 2.24) is 5.32 Å². The zero-order valence-electron chi connectivity index (χ0n) is 8.12.